The lowest BCUT2D eigenvalue weighted by molar-refractivity contribution is -0.113. The zero-order chi connectivity index (χ0) is 39.1. The summed E-state index contributed by atoms with van der Waals surface area (Å²) in [5, 5.41) is 0. The quantitative estimate of drug-likeness (QED) is 0.277. The van der Waals surface area contributed by atoms with E-state index in [1.807, 2.05) is 41.5 Å². The topological polar surface area (TPSA) is 111 Å². The maximum absolute atomic E-state index is 5.84. The van der Waals surface area contributed by atoms with Gasteiger partial charge in [0.2, 0.25) is 0 Å². The maximum atomic E-state index is 5.84. The zero-order valence-corrected chi connectivity index (χ0v) is 35.3. The molecule has 2 heterocycles. The van der Waals surface area contributed by atoms with Gasteiger partial charge in [0.1, 0.15) is 12.2 Å². The second-order valence-corrected chi connectivity index (χ2v) is 16.3. The second-order valence-electron chi connectivity index (χ2n) is 16.3. The fraction of sp³-hybridized carbons (Fsp3) is 0.951. The number of hydrogen-bond acceptors (Lipinski definition) is 12. The van der Waals surface area contributed by atoms with Crippen LogP contribution in [0.1, 0.15) is 94.4 Å². The van der Waals surface area contributed by atoms with Crippen molar-refractivity contribution in [2.45, 2.75) is 123 Å². The van der Waals surface area contributed by atoms with Crippen LogP contribution in [-0.2, 0) is 56.8 Å². The van der Waals surface area contributed by atoms with E-state index in [1.54, 1.807) is 0 Å². The van der Waals surface area contributed by atoms with Crippen LogP contribution in [0.15, 0.2) is 12.2 Å². The molecule has 0 radical (unpaired) electrons. The fourth-order valence-electron chi connectivity index (χ4n) is 4.82. The first-order valence-electron chi connectivity index (χ1n) is 20.1. The molecule has 0 spiro atoms. The molecule has 0 aromatic heterocycles. The summed E-state index contributed by atoms with van der Waals surface area (Å²) in [6.45, 7) is 29.6. The van der Waals surface area contributed by atoms with E-state index in [0.29, 0.717) is 119 Å². The molecule has 0 saturated carbocycles. The minimum atomic E-state index is -0.183. The van der Waals surface area contributed by atoms with E-state index in [1.165, 1.54) is 32.1 Å². The lowest BCUT2D eigenvalue weighted by Gasteiger charge is -2.25. The van der Waals surface area contributed by atoms with Crippen molar-refractivity contribution in [2.24, 2.45) is 5.92 Å². The lowest BCUT2D eigenvalue weighted by atomic mass is 9.95. The van der Waals surface area contributed by atoms with Gasteiger partial charge in [-0.3, -0.25) is 0 Å². The van der Waals surface area contributed by atoms with Crippen molar-refractivity contribution in [3.63, 3.8) is 0 Å². The summed E-state index contributed by atoms with van der Waals surface area (Å²) in [6, 6.07) is 0. The van der Waals surface area contributed by atoms with Crippen molar-refractivity contribution >= 4 is 0 Å². The summed E-state index contributed by atoms with van der Waals surface area (Å²) in [4.78, 5) is 0. The molecule has 53 heavy (non-hydrogen) atoms. The summed E-state index contributed by atoms with van der Waals surface area (Å²) >= 11 is 0. The highest BCUT2D eigenvalue weighted by Crippen LogP contribution is 2.21. The van der Waals surface area contributed by atoms with Gasteiger partial charge in [-0.05, 0) is 100 Å². The predicted molar refractivity (Wildman–Crippen MR) is 208 cm³/mol. The molecule has 2 fully saturated rings. The van der Waals surface area contributed by atoms with Crippen molar-refractivity contribution in [3.05, 3.63) is 12.2 Å². The number of ether oxygens (including phenoxy) is 12. The van der Waals surface area contributed by atoms with Crippen LogP contribution in [0.3, 0.4) is 0 Å². The van der Waals surface area contributed by atoms with Crippen molar-refractivity contribution in [2.75, 3.05) is 126 Å². The molecule has 3 unspecified atom stereocenters. The SMILES string of the molecule is CC(C)(C)OCC1CC/C=C\CCC1.CC(C)(C)OCC1COCCOCCOCCO1.CC(C)(C)OCC1COCCOCCOCCOCCO1. The van der Waals surface area contributed by atoms with E-state index in [4.69, 9.17) is 56.8 Å². The zero-order valence-electron chi connectivity index (χ0n) is 35.3. The third kappa shape index (κ3) is 36.6. The van der Waals surface area contributed by atoms with Crippen LogP contribution in [0.25, 0.3) is 0 Å². The summed E-state index contributed by atoms with van der Waals surface area (Å²) in [5.74, 6) is 0.777. The average molecular weight is 765 g/mol. The molecule has 316 valence electrons. The van der Waals surface area contributed by atoms with E-state index in [0.717, 1.165) is 12.5 Å². The molecule has 12 heteroatoms. The second kappa shape index (κ2) is 31.4. The predicted octanol–water partition coefficient (Wildman–Crippen LogP) is 6.45. The Morgan fingerprint density at radius 2 is 0.755 bits per heavy atom. The Hall–Kier alpha value is -0.740. The first-order chi connectivity index (χ1) is 25.2. The molecule has 3 atom stereocenters. The first kappa shape index (κ1) is 50.3. The summed E-state index contributed by atoms with van der Waals surface area (Å²) in [7, 11) is 0. The summed E-state index contributed by atoms with van der Waals surface area (Å²) in [5.41, 5.74) is -0.317. The fourth-order valence-corrected chi connectivity index (χ4v) is 4.82. The Balaban J connectivity index is 0.000000405. The standard InChI is InChI=1S/C15H30O6.C13H26O5.C13H24O/c1-15(2,3)21-13-14-12-19-9-8-17-5-4-16-6-7-18-10-11-20-14;1-13(2,3)18-11-12-10-16-7-6-14-4-5-15-8-9-17-12;1-13(2,3)14-11-12-9-7-5-4-6-8-10-12/h14H,4-13H2,1-3H3;12H,4-11H2,1-3H3;4-5,12H,6-11H2,1-3H3/b;;5-4-. The normalized spacial score (nSPS) is 25.5. The van der Waals surface area contributed by atoms with Crippen molar-refractivity contribution in [3.8, 4) is 0 Å². The van der Waals surface area contributed by atoms with Crippen LogP contribution in [0.4, 0.5) is 0 Å². The van der Waals surface area contributed by atoms with Crippen LogP contribution in [-0.4, -0.2) is 155 Å². The minimum Gasteiger partial charge on any atom is -0.377 e. The number of allylic oxidation sites excluding steroid dienone is 2. The molecule has 3 aliphatic rings. The molecule has 0 bridgehead atoms. The molecular weight excluding hydrogens is 684 g/mol. The highest BCUT2D eigenvalue weighted by molar-refractivity contribution is 4.85. The Kier molecular flexibility index (Phi) is 29.7. The summed E-state index contributed by atoms with van der Waals surface area (Å²) < 4.78 is 66.7. The van der Waals surface area contributed by atoms with Gasteiger partial charge in [-0.15, -0.1) is 0 Å². The Morgan fingerprint density at radius 3 is 1.15 bits per heavy atom. The van der Waals surface area contributed by atoms with Gasteiger partial charge in [0.25, 0.3) is 0 Å². The van der Waals surface area contributed by atoms with Gasteiger partial charge in [0.05, 0.1) is 142 Å². The Labute approximate surface area is 323 Å². The van der Waals surface area contributed by atoms with Crippen LogP contribution in [0.2, 0.25) is 0 Å². The number of hydrogen-bond donors (Lipinski definition) is 0. The molecule has 0 aromatic carbocycles. The number of rotatable bonds is 6. The van der Waals surface area contributed by atoms with Gasteiger partial charge < -0.3 is 56.8 Å². The molecule has 0 N–H and O–H groups in total. The summed E-state index contributed by atoms with van der Waals surface area (Å²) in [6.07, 6.45) is 11.0. The van der Waals surface area contributed by atoms with Crippen LogP contribution in [0, 0.1) is 5.92 Å². The molecular formula is C41H80O12. The van der Waals surface area contributed by atoms with Crippen molar-refractivity contribution < 1.29 is 56.8 Å². The van der Waals surface area contributed by atoms with Gasteiger partial charge in [-0.25, -0.2) is 0 Å². The van der Waals surface area contributed by atoms with Gasteiger partial charge in [-0.1, -0.05) is 12.2 Å². The van der Waals surface area contributed by atoms with Crippen molar-refractivity contribution in [1.29, 1.82) is 0 Å². The van der Waals surface area contributed by atoms with Gasteiger partial charge in [0.15, 0.2) is 0 Å². The van der Waals surface area contributed by atoms with E-state index >= 15 is 0 Å². The third-order valence-electron chi connectivity index (χ3n) is 7.68. The van der Waals surface area contributed by atoms with Gasteiger partial charge in [-0.2, -0.15) is 0 Å². The van der Waals surface area contributed by atoms with E-state index in [-0.39, 0.29) is 29.0 Å². The Morgan fingerprint density at radius 1 is 0.415 bits per heavy atom. The van der Waals surface area contributed by atoms with Crippen LogP contribution in [0.5, 0.6) is 0 Å². The lowest BCUT2D eigenvalue weighted by Crippen LogP contribution is -2.32. The van der Waals surface area contributed by atoms with Crippen LogP contribution < -0.4 is 0 Å². The molecule has 0 amide bonds. The van der Waals surface area contributed by atoms with Crippen molar-refractivity contribution in [1.82, 2.24) is 0 Å². The third-order valence-corrected chi connectivity index (χ3v) is 7.68. The molecule has 2 saturated heterocycles. The van der Waals surface area contributed by atoms with Gasteiger partial charge >= 0.3 is 0 Å². The minimum absolute atomic E-state index is 0.0260. The highest BCUT2D eigenvalue weighted by atomic mass is 16.6. The van der Waals surface area contributed by atoms with Gasteiger partial charge in [0, 0.05) is 0 Å². The van der Waals surface area contributed by atoms with E-state index in [2.05, 4.69) is 32.9 Å². The van der Waals surface area contributed by atoms with E-state index < -0.39 is 0 Å². The molecule has 12 nitrogen and oxygen atoms in total. The molecule has 3 rings (SSSR count). The van der Waals surface area contributed by atoms with E-state index in [9.17, 15) is 0 Å². The largest absolute Gasteiger partial charge is 0.377 e. The van der Waals surface area contributed by atoms with Crippen LogP contribution >= 0.6 is 0 Å². The molecule has 2 aliphatic heterocycles. The monoisotopic (exact) mass is 765 g/mol. The highest BCUT2D eigenvalue weighted by Gasteiger charge is 2.18. The first-order valence-corrected chi connectivity index (χ1v) is 20.1. The molecule has 1 aliphatic carbocycles. The smallest absolute Gasteiger partial charge is 0.104 e. The maximum Gasteiger partial charge on any atom is 0.104 e. The average Bonchev–Trinajstić information content (AvgIpc) is 3.06. The molecule has 0 aromatic rings. The Bertz CT molecular complexity index is 808.